The highest BCUT2D eigenvalue weighted by molar-refractivity contribution is 4.91. The second-order valence-electron chi connectivity index (χ2n) is 3.58. The van der Waals surface area contributed by atoms with Crippen LogP contribution in [0.3, 0.4) is 0 Å². The monoisotopic (exact) mass is 213 g/mol. The molecule has 0 aromatic carbocycles. The molecule has 0 saturated heterocycles. The normalized spacial score (nSPS) is 13.0. The van der Waals surface area contributed by atoms with Crippen molar-refractivity contribution in [3.63, 3.8) is 0 Å². The maximum absolute atomic E-state index is 5.46. The smallest absolute Gasteiger partial charge is 0.229 e. The Hall–Kier alpha value is -0.940. The van der Waals surface area contributed by atoms with Crippen molar-refractivity contribution < 1.29 is 9.26 Å². The first-order valence-corrected chi connectivity index (χ1v) is 5.38. The van der Waals surface area contributed by atoms with Gasteiger partial charge in [-0.25, -0.2) is 0 Å². The van der Waals surface area contributed by atoms with Gasteiger partial charge >= 0.3 is 0 Å². The number of ether oxygens (including phenoxy) is 1. The van der Waals surface area contributed by atoms with Gasteiger partial charge in [0.25, 0.3) is 0 Å². The fraction of sp³-hybridized carbons (Fsp3) is 0.800. The molecule has 5 nitrogen and oxygen atoms in total. The molecule has 0 saturated carbocycles. The summed E-state index contributed by atoms with van der Waals surface area (Å²) in [5, 5.41) is 3.84. The summed E-state index contributed by atoms with van der Waals surface area (Å²) in [6.07, 6.45) is 1.85. The fourth-order valence-electron chi connectivity index (χ4n) is 1.21. The zero-order valence-electron chi connectivity index (χ0n) is 9.40. The highest BCUT2D eigenvalue weighted by atomic mass is 16.5. The van der Waals surface area contributed by atoms with Gasteiger partial charge in [0.05, 0.1) is 0 Å². The predicted octanol–water partition coefficient (Wildman–Crippen LogP) is 1.45. The van der Waals surface area contributed by atoms with Crippen molar-refractivity contribution in [2.24, 2.45) is 5.73 Å². The Labute approximate surface area is 90.0 Å². The molecule has 0 spiro atoms. The van der Waals surface area contributed by atoms with Crippen LogP contribution in [-0.4, -0.2) is 23.3 Å². The lowest BCUT2D eigenvalue weighted by Gasteiger charge is -2.01. The molecule has 0 aliphatic rings. The highest BCUT2D eigenvalue weighted by Gasteiger charge is 2.13. The standard InChI is InChI=1S/C10H19N3O2/c1-3-6-14-7-9-12-10(15-13-9)8(2)4-5-11/h8H,3-7,11H2,1-2H3. The Morgan fingerprint density at radius 1 is 1.53 bits per heavy atom. The maximum Gasteiger partial charge on any atom is 0.229 e. The summed E-state index contributed by atoms with van der Waals surface area (Å²) in [5.74, 6) is 1.49. The summed E-state index contributed by atoms with van der Waals surface area (Å²) in [6, 6.07) is 0. The molecule has 1 atom stereocenters. The fourth-order valence-corrected chi connectivity index (χ4v) is 1.21. The van der Waals surface area contributed by atoms with Crippen LogP contribution in [0.25, 0.3) is 0 Å². The van der Waals surface area contributed by atoms with E-state index in [0.717, 1.165) is 19.4 Å². The van der Waals surface area contributed by atoms with E-state index in [1.165, 1.54) is 0 Å². The van der Waals surface area contributed by atoms with Gasteiger partial charge in [0, 0.05) is 12.5 Å². The van der Waals surface area contributed by atoms with Crippen molar-refractivity contribution in [3.8, 4) is 0 Å². The Balaban J connectivity index is 2.41. The van der Waals surface area contributed by atoms with Crippen molar-refractivity contribution >= 4 is 0 Å². The second kappa shape index (κ2) is 6.53. The molecule has 0 radical (unpaired) electrons. The lowest BCUT2D eigenvalue weighted by atomic mass is 10.1. The largest absolute Gasteiger partial charge is 0.373 e. The third-order valence-electron chi connectivity index (χ3n) is 2.08. The third-order valence-corrected chi connectivity index (χ3v) is 2.08. The van der Waals surface area contributed by atoms with E-state index >= 15 is 0 Å². The van der Waals surface area contributed by atoms with Crippen LogP contribution in [0, 0.1) is 0 Å². The van der Waals surface area contributed by atoms with Crippen molar-refractivity contribution in [1.29, 1.82) is 0 Å². The Morgan fingerprint density at radius 2 is 2.33 bits per heavy atom. The number of rotatable bonds is 7. The van der Waals surface area contributed by atoms with E-state index in [2.05, 4.69) is 17.1 Å². The van der Waals surface area contributed by atoms with E-state index in [1.54, 1.807) is 0 Å². The zero-order chi connectivity index (χ0) is 11.1. The molecule has 0 fully saturated rings. The second-order valence-corrected chi connectivity index (χ2v) is 3.58. The Kier molecular flexibility index (Phi) is 5.28. The zero-order valence-corrected chi connectivity index (χ0v) is 9.40. The quantitative estimate of drug-likeness (QED) is 0.694. The summed E-state index contributed by atoms with van der Waals surface area (Å²) in [5.41, 5.74) is 5.46. The number of aromatic nitrogens is 2. The van der Waals surface area contributed by atoms with E-state index in [4.69, 9.17) is 15.0 Å². The van der Waals surface area contributed by atoms with E-state index in [9.17, 15) is 0 Å². The predicted molar refractivity (Wildman–Crippen MR) is 56.3 cm³/mol. The van der Waals surface area contributed by atoms with Gasteiger partial charge in [0.15, 0.2) is 5.82 Å². The molecule has 1 heterocycles. The lowest BCUT2D eigenvalue weighted by molar-refractivity contribution is 0.114. The van der Waals surface area contributed by atoms with E-state index in [-0.39, 0.29) is 5.92 Å². The summed E-state index contributed by atoms with van der Waals surface area (Å²) in [7, 11) is 0. The summed E-state index contributed by atoms with van der Waals surface area (Å²) >= 11 is 0. The van der Waals surface area contributed by atoms with Crippen LogP contribution in [-0.2, 0) is 11.3 Å². The van der Waals surface area contributed by atoms with Gasteiger partial charge in [-0.1, -0.05) is 19.0 Å². The maximum atomic E-state index is 5.46. The molecule has 15 heavy (non-hydrogen) atoms. The molecule has 2 N–H and O–H groups in total. The minimum absolute atomic E-state index is 0.224. The first-order valence-electron chi connectivity index (χ1n) is 5.38. The van der Waals surface area contributed by atoms with Crippen LogP contribution >= 0.6 is 0 Å². The minimum atomic E-state index is 0.224. The highest BCUT2D eigenvalue weighted by Crippen LogP contribution is 2.15. The Bertz CT molecular complexity index is 275. The van der Waals surface area contributed by atoms with Crippen LogP contribution < -0.4 is 5.73 Å². The molecule has 5 heteroatoms. The average Bonchev–Trinajstić information content (AvgIpc) is 2.67. The Morgan fingerprint density at radius 3 is 3.00 bits per heavy atom. The number of nitrogens with zero attached hydrogens (tertiary/aromatic N) is 2. The third kappa shape index (κ3) is 3.97. The molecule has 1 unspecified atom stereocenters. The molecule has 1 aromatic rings. The van der Waals surface area contributed by atoms with Gasteiger partial charge in [0.1, 0.15) is 6.61 Å². The van der Waals surface area contributed by atoms with Crippen LogP contribution in [0.15, 0.2) is 4.52 Å². The van der Waals surface area contributed by atoms with E-state index < -0.39 is 0 Å². The van der Waals surface area contributed by atoms with Crippen molar-refractivity contribution in [2.75, 3.05) is 13.2 Å². The van der Waals surface area contributed by atoms with Gasteiger partial charge in [-0.05, 0) is 19.4 Å². The van der Waals surface area contributed by atoms with Gasteiger partial charge in [0.2, 0.25) is 5.89 Å². The van der Waals surface area contributed by atoms with Crippen molar-refractivity contribution in [3.05, 3.63) is 11.7 Å². The summed E-state index contributed by atoms with van der Waals surface area (Å²) in [6.45, 7) is 5.86. The van der Waals surface area contributed by atoms with Crippen LogP contribution in [0.2, 0.25) is 0 Å². The lowest BCUT2D eigenvalue weighted by Crippen LogP contribution is -2.05. The summed E-state index contributed by atoms with van der Waals surface area (Å²) in [4.78, 5) is 4.24. The van der Waals surface area contributed by atoms with Crippen LogP contribution in [0.1, 0.15) is 44.3 Å². The number of nitrogens with two attached hydrogens (primary N) is 1. The van der Waals surface area contributed by atoms with Crippen LogP contribution in [0.4, 0.5) is 0 Å². The minimum Gasteiger partial charge on any atom is -0.373 e. The number of hydrogen-bond donors (Lipinski definition) is 1. The molecule has 0 aliphatic carbocycles. The molecule has 0 bridgehead atoms. The number of hydrogen-bond acceptors (Lipinski definition) is 5. The molecule has 1 rings (SSSR count). The van der Waals surface area contributed by atoms with Gasteiger partial charge < -0.3 is 15.0 Å². The van der Waals surface area contributed by atoms with E-state index in [1.807, 2.05) is 6.92 Å². The average molecular weight is 213 g/mol. The van der Waals surface area contributed by atoms with Gasteiger partial charge in [-0.2, -0.15) is 4.98 Å². The molecule has 1 aromatic heterocycles. The first kappa shape index (κ1) is 12.1. The van der Waals surface area contributed by atoms with Crippen molar-refractivity contribution in [1.82, 2.24) is 10.1 Å². The molecule has 0 aliphatic heterocycles. The van der Waals surface area contributed by atoms with Gasteiger partial charge in [-0.15, -0.1) is 0 Å². The van der Waals surface area contributed by atoms with Crippen LogP contribution in [0.5, 0.6) is 0 Å². The first-order chi connectivity index (χ1) is 7.27. The van der Waals surface area contributed by atoms with Gasteiger partial charge in [-0.3, -0.25) is 0 Å². The molecular weight excluding hydrogens is 194 g/mol. The molecule has 0 amide bonds. The van der Waals surface area contributed by atoms with Crippen molar-refractivity contribution in [2.45, 2.75) is 39.2 Å². The topological polar surface area (TPSA) is 74.2 Å². The molecular formula is C10H19N3O2. The SMILES string of the molecule is CCCOCc1noc(C(C)CCN)n1. The molecule has 86 valence electrons. The summed E-state index contributed by atoms with van der Waals surface area (Å²) < 4.78 is 10.4. The van der Waals surface area contributed by atoms with E-state index in [0.29, 0.717) is 24.9 Å².